The molecular formula is C14H10Cl2N4O. The van der Waals surface area contributed by atoms with Gasteiger partial charge < -0.3 is 11.1 Å². The summed E-state index contributed by atoms with van der Waals surface area (Å²) in [4.78, 5) is 12.3. The van der Waals surface area contributed by atoms with E-state index in [0.717, 1.165) is 10.9 Å². The number of hydrogen-bond donors (Lipinski definition) is 3. The zero-order valence-corrected chi connectivity index (χ0v) is 12.2. The number of hydrogen-bond acceptors (Lipinski definition) is 3. The first-order valence-corrected chi connectivity index (χ1v) is 6.80. The molecule has 5 nitrogen and oxygen atoms in total. The van der Waals surface area contributed by atoms with Gasteiger partial charge in [0.1, 0.15) is 0 Å². The SMILES string of the molecule is Nc1c(Cl)cc(C(=O)Nc2cccc3cn[nH]c23)cc1Cl. The number of para-hydroxylation sites is 1. The topological polar surface area (TPSA) is 83.8 Å². The summed E-state index contributed by atoms with van der Waals surface area (Å²) >= 11 is 11.9. The van der Waals surface area contributed by atoms with Crippen LogP contribution in [-0.2, 0) is 0 Å². The van der Waals surface area contributed by atoms with Crippen molar-refractivity contribution in [3.63, 3.8) is 0 Å². The van der Waals surface area contributed by atoms with E-state index in [4.69, 9.17) is 28.9 Å². The van der Waals surface area contributed by atoms with Gasteiger partial charge >= 0.3 is 0 Å². The minimum absolute atomic E-state index is 0.243. The summed E-state index contributed by atoms with van der Waals surface area (Å²) in [5.74, 6) is -0.332. The number of nitrogens with two attached hydrogens (primary N) is 1. The highest BCUT2D eigenvalue weighted by Gasteiger charge is 2.13. The van der Waals surface area contributed by atoms with Gasteiger partial charge in [-0.15, -0.1) is 0 Å². The van der Waals surface area contributed by atoms with E-state index < -0.39 is 0 Å². The van der Waals surface area contributed by atoms with Crippen LogP contribution in [0.2, 0.25) is 10.0 Å². The molecule has 1 aromatic heterocycles. The highest BCUT2D eigenvalue weighted by molar-refractivity contribution is 6.39. The quantitative estimate of drug-likeness (QED) is 0.629. The molecule has 4 N–H and O–H groups in total. The molecular weight excluding hydrogens is 311 g/mol. The van der Waals surface area contributed by atoms with E-state index in [1.807, 2.05) is 12.1 Å². The van der Waals surface area contributed by atoms with Gasteiger partial charge in [-0.1, -0.05) is 35.3 Å². The van der Waals surface area contributed by atoms with Crippen molar-refractivity contribution in [3.05, 3.63) is 52.1 Å². The fraction of sp³-hybridized carbons (Fsp3) is 0. The fourth-order valence-electron chi connectivity index (χ4n) is 1.98. The average Bonchev–Trinajstić information content (AvgIpc) is 2.93. The minimum atomic E-state index is -0.332. The maximum atomic E-state index is 12.3. The molecule has 0 saturated heterocycles. The Morgan fingerprint density at radius 1 is 1.24 bits per heavy atom. The van der Waals surface area contributed by atoms with Crippen LogP contribution in [0, 0.1) is 0 Å². The normalized spacial score (nSPS) is 10.8. The van der Waals surface area contributed by atoms with Crippen LogP contribution < -0.4 is 11.1 Å². The van der Waals surface area contributed by atoms with Crippen LogP contribution in [-0.4, -0.2) is 16.1 Å². The second-order valence-electron chi connectivity index (χ2n) is 4.45. The van der Waals surface area contributed by atoms with Crippen molar-refractivity contribution >= 4 is 51.4 Å². The van der Waals surface area contributed by atoms with Crippen LogP contribution in [0.25, 0.3) is 10.9 Å². The fourth-order valence-corrected chi connectivity index (χ4v) is 2.47. The van der Waals surface area contributed by atoms with Crippen LogP contribution >= 0.6 is 23.2 Å². The summed E-state index contributed by atoms with van der Waals surface area (Å²) in [6.45, 7) is 0. The number of benzene rings is 2. The van der Waals surface area contributed by atoms with Crippen LogP contribution in [0.15, 0.2) is 36.5 Å². The molecule has 7 heteroatoms. The summed E-state index contributed by atoms with van der Waals surface area (Å²) in [6.07, 6.45) is 1.68. The third-order valence-corrected chi connectivity index (χ3v) is 3.69. The Hall–Kier alpha value is -2.24. The van der Waals surface area contributed by atoms with E-state index in [-0.39, 0.29) is 21.6 Å². The van der Waals surface area contributed by atoms with Crippen LogP contribution in [0.1, 0.15) is 10.4 Å². The smallest absolute Gasteiger partial charge is 0.255 e. The van der Waals surface area contributed by atoms with Crippen molar-refractivity contribution in [1.29, 1.82) is 0 Å². The number of fused-ring (bicyclic) bond motifs is 1. The number of amides is 1. The molecule has 0 saturated carbocycles. The Bertz CT molecular complexity index is 821. The summed E-state index contributed by atoms with van der Waals surface area (Å²) in [5, 5.41) is 11.0. The number of anilines is 2. The lowest BCUT2D eigenvalue weighted by Gasteiger charge is -2.08. The van der Waals surface area contributed by atoms with Gasteiger partial charge in [0.05, 0.1) is 33.1 Å². The lowest BCUT2D eigenvalue weighted by molar-refractivity contribution is 0.102. The van der Waals surface area contributed by atoms with E-state index in [2.05, 4.69) is 15.5 Å². The highest BCUT2D eigenvalue weighted by atomic mass is 35.5. The number of carbonyl (C=O) groups is 1. The third-order valence-electron chi connectivity index (χ3n) is 3.07. The molecule has 0 bridgehead atoms. The van der Waals surface area contributed by atoms with E-state index in [1.54, 1.807) is 12.3 Å². The highest BCUT2D eigenvalue weighted by Crippen LogP contribution is 2.29. The van der Waals surface area contributed by atoms with E-state index >= 15 is 0 Å². The first-order chi connectivity index (χ1) is 10.1. The van der Waals surface area contributed by atoms with Gasteiger partial charge in [0.15, 0.2) is 0 Å². The molecule has 0 aliphatic rings. The molecule has 0 unspecified atom stereocenters. The van der Waals surface area contributed by atoms with E-state index in [1.165, 1.54) is 12.1 Å². The number of nitrogens with one attached hydrogen (secondary N) is 2. The largest absolute Gasteiger partial charge is 0.396 e. The Morgan fingerprint density at radius 3 is 2.67 bits per heavy atom. The van der Waals surface area contributed by atoms with Gasteiger partial charge in [-0.25, -0.2) is 0 Å². The molecule has 2 aromatic carbocycles. The number of aromatic amines is 1. The minimum Gasteiger partial charge on any atom is -0.396 e. The maximum absolute atomic E-state index is 12.3. The Morgan fingerprint density at radius 2 is 1.95 bits per heavy atom. The van der Waals surface area contributed by atoms with E-state index in [0.29, 0.717) is 11.3 Å². The van der Waals surface area contributed by atoms with Gasteiger partial charge in [0.25, 0.3) is 5.91 Å². The monoisotopic (exact) mass is 320 g/mol. The van der Waals surface area contributed by atoms with Gasteiger partial charge in [0, 0.05) is 10.9 Å². The molecule has 0 radical (unpaired) electrons. The molecule has 1 amide bonds. The molecule has 0 fully saturated rings. The van der Waals surface area contributed by atoms with Gasteiger partial charge in [-0.2, -0.15) is 5.10 Å². The first kappa shape index (κ1) is 13.7. The standard InChI is InChI=1S/C14H10Cl2N4O/c15-9-4-8(5-10(16)12(9)17)14(21)19-11-3-1-2-7-6-18-20-13(7)11/h1-6H,17H2,(H,18,20)(H,19,21). The number of aromatic nitrogens is 2. The number of carbonyl (C=O) groups excluding carboxylic acids is 1. The number of nitrogen functional groups attached to an aromatic ring is 1. The summed E-state index contributed by atoms with van der Waals surface area (Å²) in [5.41, 5.74) is 7.61. The summed E-state index contributed by atoms with van der Waals surface area (Å²) in [7, 11) is 0. The predicted octanol–water partition coefficient (Wildman–Crippen LogP) is 3.70. The number of nitrogens with zero attached hydrogens (tertiary/aromatic N) is 1. The molecule has 0 spiro atoms. The Kier molecular flexibility index (Phi) is 3.45. The Labute approximate surface area is 130 Å². The number of rotatable bonds is 2. The zero-order chi connectivity index (χ0) is 15.0. The second kappa shape index (κ2) is 5.27. The van der Waals surface area contributed by atoms with Crippen molar-refractivity contribution < 1.29 is 4.79 Å². The molecule has 3 rings (SSSR count). The molecule has 21 heavy (non-hydrogen) atoms. The second-order valence-corrected chi connectivity index (χ2v) is 5.26. The predicted molar refractivity (Wildman–Crippen MR) is 84.9 cm³/mol. The number of H-pyrrole nitrogens is 1. The van der Waals surface area contributed by atoms with Crippen LogP contribution in [0.5, 0.6) is 0 Å². The lowest BCUT2D eigenvalue weighted by Crippen LogP contribution is -2.12. The number of halogens is 2. The van der Waals surface area contributed by atoms with Crippen molar-refractivity contribution in [2.75, 3.05) is 11.1 Å². The van der Waals surface area contributed by atoms with Crippen molar-refractivity contribution in [2.45, 2.75) is 0 Å². The molecule has 1 heterocycles. The van der Waals surface area contributed by atoms with Crippen molar-refractivity contribution in [2.24, 2.45) is 0 Å². The van der Waals surface area contributed by atoms with Gasteiger partial charge in [0.2, 0.25) is 0 Å². The summed E-state index contributed by atoms with van der Waals surface area (Å²) in [6, 6.07) is 8.46. The third kappa shape index (κ3) is 2.53. The van der Waals surface area contributed by atoms with Crippen LogP contribution in [0.4, 0.5) is 11.4 Å². The van der Waals surface area contributed by atoms with Gasteiger partial charge in [-0.3, -0.25) is 9.89 Å². The van der Waals surface area contributed by atoms with Crippen molar-refractivity contribution in [1.82, 2.24) is 10.2 Å². The van der Waals surface area contributed by atoms with Crippen molar-refractivity contribution in [3.8, 4) is 0 Å². The van der Waals surface area contributed by atoms with Crippen LogP contribution in [0.3, 0.4) is 0 Å². The summed E-state index contributed by atoms with van der Waals surface area (Å²) < 4.78 is 0. The molecule has 3 aromatic rings. The average molecular weight is 321 g/mol. The lowest BCUT2D eigenvalue weighted by atomic mass is 10.1. The maximum Gasteiger partial charge on any atom is 0.255 e. The zero-order valence-electron chi connectivity index (χ0n) is 10.7. The first-order valence-electron chi connectivity index (χ1n) is 6.04. The molecule has 0 atom stereocenters. The molecule has 0 aliphatic carbocycles. The van der Waals surface area contributed by atoms with E-state index in [9.17, 15) is 4.79 Å². The Balaban J connectivity index is 1.95. The van der Waals surface area contributed by atoms with Gasteiger partial charge in [-0.05, 0) is 18.2 Å². The molecule has 106 valence electrons. The molecule has 0 aliphatic heterocycles.